The van der Waals surface area contributed by atoms with Crippen LogP contribution in [0.5, 0.6) is 0 Å². The largest absolute Gasteiger partial charge is 0.309 e. The van der Waals surface area contributed by atoms with Gasteiger partial charge in [-0.15, -0.1) is 5.10 Å². The van der Waals surface area contributed by atoms with E-state index in [4.69, 9.17) is 0 Å². The van der Waals surface area contributed by atoms with E-state index in [1.807, 2.05) is 10.7 Å². The van der Waals surface area contributed by atoms with E-state index in [1.54, 1.807) is 0 Å². The Hall–Kier alpha value is -1.20. The van der Waals surface area contributed by atoms with E-state index in [0.29, 0.717) is 0 Å². The van der Waals surface area contributed by atoms with Crippen LogP contribution in [0.25, 0.3) is 5.69 Å². The lowest BCUT2D eigenvalue weighted by molar-refractivity contribution is 0.520. The predicted octanol–water partition coefficient (Wildman–Crippen LogP) is 3.96. The summed E-state index contributed by atoms with van der Waals surface area (Å²) in [7, 11) is 0. The molecule has 0 bridgehead atoms. The molecule has 5 heteroatoms. The summed E-state index contributed by atoms with van der Waals surface area (Å²) in [6.07, 6.45) is 1.92. The fourth-order valence-electron chi connectivity index (χ4n) is 2.61. The highest BCUT2D eigenvalue weighted by molar-refractivity contribution is 9.10. The normalized spacial score (nSPS) is 12.6. The first-order chi connectivity index (χ1) is 10.1. The van der Waals surface area contributed by atoms with Crippen LogP contribution in [0.2, 0.25) is 0 Å². The van der Waals surface area contributed by atoms with Crippen molar-refractivity contribution in [3.63, 3.8) is 0 Å². The summed E-state index contributed by atoms with van der Waals surface area (Å²) in [5, 5.41) is 12.4. The van der Waals surface area contributed by atoms with E-state index in [9.17, 15) is 0 Å². The third-order valence-electron chi connectivity index (χ3n) is 3.78. The summed E-state index contributed by atoms with van der Waals surface area (Å²) in [5.41, 5.74) is 4.52. The molecule has 1 N–H and O–H groups in total. The number of rotatable bonds is 6. The zero-order valence-electron chi connectivity index (χ0n) is 13.2. The summed E-state index contributed by atoms with van der Waals surface area (Å²) in [5.74, 6) is 0. The molecule has 2 aromatic rings. The molecule has 0 fully saturated rings. The van der Waals surface area contributed by atoms with Crippen LogP contribution < -0.4 is 5.32 Å². The van der Waals surface area contributed by atoms with Crippen molar-refractivity contribution >= 4 is 15.9 Å². The van der Waals surface area contributed by atoms with E-state index >= 15 is 0 Å². The minimum atomic E-state index is 0.270. The van der Waals surface area contributed by atoms with Gasteiger partial charge in [-0.25, -0.2) is 4.68 Å². The monoisotopic (exact) mass is 350 g/mol. The molecule has 1 heterocycles. The molecule has 0 saturated carbocycles. The maximum Gasteiger partial charge on any atom is 0.103 e. The summed E-state index contributed by atoms with van der Waals surface area (Å²) < 4.78 is 3.08. The van der Waals surface area contributed by atoms with Gasteiger partial charge in [0.15, 0.2) is 0 Å². The van der Waals surface area contributed by atoms with Crippen molar-refractivity contribution in [2.45, 2.75) is 46.6 Å². The van der Waals surface area contributed by atoms with Gasteiger partial charge in [0.2, 0.25) is 0 Å². The molecule has 1 aromatic heterocycles. The summed E-state index contributed by atoms with van der Waals surface area (Å²) in [4.78, 5) is 0. The van der Waals surface area contributed by atoms with Crippen molar-refractivity contribution in [2.24, 2.45) is 0 Å². The molecule has 0 aliphatic heterocycles. The molecular weight excluding hydrogens is 328 g/mol. The Morgan fingerprint density at radius 3 is 2.67 bits per heavy atom. The number of hydrogen-bond acceptors (Lipinski definition) is 3. The van der Waals surface area contributed by atoms with Crippen LogP contribution in [-0.4, -0.2) is 21.5 Å². The van der Waals surface area contributed by atoms with Crippen LogP contribution >= 0.6 is 15.9 Å². The Bertz CT molecular complexity index is 606. The molecule has 21 heavy (non-hydrogen) atoms. The van der Waals surface area contributed by atoms with Crippen LogP contribution in [0.4, 0.5) is 0 Å². The Labute approximate surface area is 135 Å². The van der Waals surface area contributed by atoms with Crippen LogP contribution in [0, 0.1) is 6.92 Å². The Morgan fingerprint density at radius 2 is 2.05 bits per heavy atom. The Kier molecular flexibility index (Phi) is 5.53. The zero-order valence-corrected chi connectivity index (χ0v) is 14.7. The van der Waals surface area contributed by atoms with Crippen LogP contribution in [0.3, 0.4) is 0 Å². The summed E-state index contributed by atoms with van der Waals surface area (Å²) in [6, 6.07) is 6.45. The fourth-order valence-corrected chi connectivity index (χ4v) is 2.97. The second-order valence-electron chi connectivity index (χ2n) is 5.09. The lowest BCUT2D eigenvalue weighted by atomic mass is 10.1. The van der Waals surface area contributed by atoms with Crippen LogP contribution in [0.15, 0.2) is 22.7 Å². The number of nitrogens with one attached hydrogen (secondary N) is 1. The van der Waals surface area contributed by atoms with Gasteiger partial charge in [0.05, 0.1) is 17.4 Å². The first-order valence-electron chi connectivity index (χ1n) is 7.57. The lowest BCUT2D eigenvalue weighted by Gasteiger charge is -2.15. The first kappa shape index (κ1) is 16.2. The van der Waals surface area contributed by atoms with Crippen molar-refractivity contribution in [1.29, 1.82) is 0 Å². The maximum absolute atomic E-state index is 4.46. The molecule has 4 nitrogen and oxygen atoms in total. The molecule has 1 aromatic carbocycles. The molecule has 0 aliphatic carbocycles. The minimum Gasteiger partial charge on any atom is -0.309 e. The average Bonchev–Trinajstić information content (AvgIpc) is 2.91. The van der Waals surface area contributed by atoms with Gasteiger partial charge < -0.3 is 5.32 Å². The predicted molar refractivity (Wildman–Crippen MR) is 89.9 cm³/mol. The zero-order chi connectivity index (χ0) is 15.4. The third kappa shape index (κ3) is 3.19. The second kappa shape index (κ2) is 7.18. The smallest absolute Gasteiger partial charge is 0.103 e. The maximum atomic E-state index is 4.46. The quantitative estimate of drug-likeness (QED) is 0.857. The van der Waals surface area contributed by atoms with Crippen molar-refractivity contribution in [1.82, 2.24) is 20.3 Å². The van der Waals surface area contributed by atoms with E-state index in [2.05, 4.69) is 71.4 Å². The van der Waals surface area contributed by atoms with Gasteiger partial charge in [-0.05, 0) is 44.0 Å². The molecule has 1 atom stereocenters. The lowest BCUT2D eigenvalue weighted by Crippen LogP contribution is -2.21. The number of nitrogens with zero attached hydrogens (tertiary/aromatic N) is 3. The highest BCUT2D eigenvalue weighted by Gasteiger charge is 2.20. The van der Waals surface area contributed by atoms with Gasteiger partial charge in [-0.3, -0.25) is 0 Å². The molecule has 1 unspecified atom stereocenters. The SMILES string of the molecule is CCNC(CC)c1nnn(-c2cccc(Br)c2C)c1CC. The van der Waals surface area contributed by atoms with Gasteiger partial charge in [-0.1, -0.05) is 48.0 Å². The highest BCUT2D eigenvalue weighted by Crippen LogP contribution is 2.26. The number of aromatic nitrogens is 3. The number of halogens is 1. The van der Waals surface area contributed by atoms with E-state index in [-0.39, 0.29) is 6.04 Å². The summed E-state index contributed by atoms with van der Waals surface area (Å²) >= 11 is 3.59. The van der Waals surface area contributed by atoms with Gasteiger partial charge in [0.25, 0.3) is 0 Å². The van der Waals surface area contributed by atoms with Gasteiger partial charge in [-0.2, -0.15) is 0 Å². The van der Waals surface area contributed by atoms with E-state index < -0.39 is 0 Å². The van der Waals surface area contributed by atoms with Crippen molar-refractivity contribution in [3.8, 4) is 5.69 Å². The number of benzene rings is 1. The van der Waals surface area contributed by atoms with Crippen molar-refractivity contribution < 1.29 is 0 Å². The minimum absolute atomic E-state index is 0.270. The van der Waals surface area contributed by atoms with Crippen molar-refractivity contribution in [3.05, 3.63) is 39.6 Å². The second-order valence-corrected chi connectivity index (χ2v) is 5.94. The van der Waals surface area contributed by atoms with Gasteiger partial charge in [0, 0.05) is 4.47 Å². The van der Waals surface area contributed by atoms with E-state index in [1.165, 1.54) is 11.3 Å². The highest BCUT2D eigenvalue weighted by atomic mass is 79.9. The molecule has 2 rings (SSSR count). The molecule has 0 radical (unpaired) electrons. The fraction of sp³-hybridized carbons (Fsp3) is 0.500. The van der Waals surface area contributed by atoms with Crippen LogP contribution in [-0.2, 0) is 6.42 Å². The summed E-state index contributed by atoms with van der Waals surface area (Å²) in [6.45, 7) is 9.49. The van der Waals surface area contributed by atoms with Gasteiger partial charge >= 0.3 is 0 Å². The Balaban J connectivity index is 2.51. The Morgan fingerprint density at radius 1 is 1.29 bits per heavy atom. The molecule has 0 amide bonds. The standard InChI is InChI=1S/C16H23BrN4/c1-5-13(18-7-3)16-14(6-2)21(20-19-16)15-10-8-9-12(17)11(15)4/h8-10,13,18H,5-7H2,1-4H3. The average molecular weight is 351 g/mol. The van der Waals surface area contributed by atoms with Crippen molar-refractivity contribution in [2.75, 3.05) is 6.54 Å². The molecule has 0 saturated heterocycles. The first-order valence-corrected chi connectivity index (χ1v) is 8.36. The van der Waals surface area contributed by atoms with E-state index in [0.717, 1.165) is 35.2 Å². The molecular formula is C16H23BrN4. The van der Waals surface area contributed by atoms with Gasteiger partial charge in [0.1, 0.15) is 5.69 Å². The van der Waals surface area contributed by atoms with Crippen LogP contribution in [0.1, 0.15) is 50.2 Å². The molecule has 114 valence electrons. The topological polar surface area (TPSA) is 42.7 Å². The molecule has 0 spiro atoms. The number of hydrogen-bond donors (Lipinski definition) is 1. The molecule has 0 aliphatic rings. The third-order valence-corrected chi connectivity index (χ3v) is 4.64.